The average Bonchev–Trinajstić information content (AvgIpc) is 2.33. The van der Waals surface area contributed by atoms with Crippen molar-refractivity contribution in [2.24, 2.45) is 21.9 Å². The fourth-order valence-electron chi connectivity index (χ4n) is 1.22. The number of rotatable bonds is 4. The minimum absolute atomic E-state index is 0.0607. The van der Waals surface area contributed by atoms with Crippen molar-refractivity contribution in [2.75, 3.05) is 0 Å². The quantitative estimate of drug-likeness (QED) is 0.490. The highest BCUT2D eigenvalue weighted by Crippen LogP contribution is 2.18. The van der Waals surface area contributed by atoms with Gasteiger partial charge in [0.2, 0.25) is 0 Å². The fourth-order valence-corrected chi connectivity index (χ4v) is 1.22. The zero-order chi connectivity index (χ0) is 12.8. The number of hydrogen-bond donors (Lipinski definition) is 1. The zero-order valence-corrected chi connectivity index (χ0v) is 9.82. The summed E-state index contributed by atoms with van der Waals surface area (Å²) in [6.07, 6.45) is 2.21. The Hall–Kier alpha value is -1.78. The van der Waals surface area contributed by atoms with E-state index in [0.717, 1.165) is 24.6 Å². The zero-order valence-electron chi connectivity index (χ0n) is 9.82. The molecule has 5 heteroatoms. The number of nitrogens with two attached hydrogens (primary N) is 1. The highest BCUT2D eigenvalue weighted by molar-refractivity contribution is 6.31. The number of benzene rings is 1. The van der Waals surface area contributed by atoms with Gasteiger partial charge in [-0.15, -0.1) is 0 Å². The third-order valence-corrected chi connectivity index (χ3v) is 2.51. The van der Waals surface area contributed by atoms with Crippen molar-refractivity contribution >= 4 is 17.6 Å². The van der Waals surface area contributed by atoms with Crippen LogP contribution in [-0.4, -0.2) is 11.9 Å². The van der Waals surface area contributed by atoms with Crippen molar-refractivity contribution < 1.29 is 8.78 Å². The number of hydrazone groups is 1. The topological polar surface area (TPSA) is 50.7 Å². The summed E-state index contributed by atoms with van der Waals surface area (Å²) in [6.45, 7) is 3.91. The highest BCUT2D eigenvalue weighted by Gasteiger charge is 2.07. The number of hydrogen-bond acceptors (Lipinski definition) is 3. The number of nitrogens with zero attached hydrogens (tertiary/aromatic N) is 2. The molecule has 0 saturated heterocycles. The fraction of sp³-hybridized carbons (Fsp3) is 0.333. The van der Waals surface area contributed by atoms with E-state index >= 15 is 0 Å². The molecular formula is C12H15F2N3. The first-order valence-corrected chi connectivity index (χ1v) is 5.35. The summed E-state index contributed by atoms with van der Waals surface area (Å²) in [5, 5.41) is 3.58. The molecule has 0 spiro atoms. The molecule has 1 atom stereocenters. The highest BCUT2D eigenvalue weighted by atomic mass is 19.1. The Kier molecular flexibility index (Phi) is 4.75. The molecule has 0 amide bonds. The molecule has 0 aliphatic heterocycles. The molecule has 1 aromatic rings. The first-order valence-electron chi connectivity index (χ1n) is 5.35. The van der Waals surface area contributed by atoms with E-state index in [1.54, 1.807) is 0 Å². The molecule has 92 valence electrons. The molecule has 0 bridgehead atoms. The van der Waals surface area contributed by atoms with Crippen LogP contribution in [0.15, 0.2) is 28.3 Å². The molecule has 0 aliphatic rings. The van der Waals surface area contributed by atoms with E-state index in [1.165, 1.54) is 6.21 Å². The Balaban J connectivity index is 2.93. The van der Waals surface area contributed by atoms with Gasteiger partial charge in [0, 0.05) is 12.0 Å². The van der Waals surface area contributed by atoms with Gasteiger partial charge in [-0.05, 0) is 18.6 Å². The van der Waals surface area contributed by atoms with Gasteiger partial charge in [0.15, 0.2) is 0 Å². The van der Waals surface area contributed by atoms with Crippen LogP contribution in [0.25, 0.3) is 0 Å². The molecule has 0 aromatic heterocycles. The van der Waals surface area contributed by atoms with Gasteiger partial charge in [-0.3, -0.25) is 4.99 Å². The van der Waals surface area contributed by atoms with E-state index in [9.17, 15) is 8.78 Å². The van der Waals surface area contributed by atoms with Crippen molar-refractivity contribution in [1.82, 2.24) is 0 Å². The largest absolute Gasteiger partial charge is 0.323 e. The Morgan fingerprint density at radius 1 is 1.47 bits per heavy atom. The Bertz CT molecular complexity index is 441. The molecule has 0 fully saturated rings. The van der Waals surface area contributed by atoms with Crippen molar-refractivity contribution in [1.29, 1.82) is 0 Å². The lowest BCUT2D eigenvalue weighted by atomic mass is 10.0. The first-order chi connectivity index (χ1) is 8.08. The molecule has 1 rings (SSSR count). The second kappa shape index (κ2) is 6.08. The van der Waals surface area contributed by atoms with Crippen molar-refractivity contribution in [3.05, 3.63) is 29.8 Å². The van der Waals surface area contributed by atoms with E-state index in [2.05, 4.69) is 10.1 Å². The van der Waals surface area contributed by atoms with Crippen molar-refractivity contribution in [2.45, 2.75) is 20.3 Å². The number of aliphatic imine (C=N–C) groups is 1. The molecule has 0 saturated carbocycles. The van der Waals surface area contributed by atoms with E-state index in [0.29, 0.717) is 5.71 Å². The lowest BCUT2D eigenvalue weighted by Gasteiger charge is -2.06. The molecule has 1 unspecified atom stereocenters. The third-order valence-electron chi connectivity index (χ3n) is 2.51. The summed E-state index contributed by atoms with van der Waals surface area (Å²) in [4.78, 5) is 3.86. The lowest BCUT2D eigenvalue weighted by Crippen LogP contribution is -2.13. The van der Waals surface area contributed by atoms with Crippen LogP contribution >= 0.6 is 0 Å². The Labute approximate surface area is 99.1 Å². The molecule has 0 aliphatic carbocycles. The SMILES string of the molecule is CCC(C)C(C=Nc1cc(F)ccc1F)=NN. The maximum absolute atomic E-state index is 13.3. The van der Waals surface area contributed by atoms with Crippen LogP contribution < -0.4 is 5.84 Å². The van der Waals surface area contributed by atoms with Gasteiger partial charge in [0.1, 0.15) is 17.3 Å². The normalized spacial score (nSPS) is 14.2. The van der Waals surface area contributed by atoms with Gasteiger partial charge in [0.05, 0.1) is 11.9 Å². The van der Waals surface area contributed by atoms with Crippen LogP contribution in [0, 0.1) is 17.6 Å². The van der Waals surface area contributed by atoms with Crippen LogP contribution in [0.2, 0.25) is 0 Å². The molecule has 2 N–H and O–H groups in total. The monoisotopic (exact) mass is 239 g/mol. The van der Waals surface area contributed by atoms with E-state index in [1.807, 2.05) is 13.8 Å². The predicted molar refractivity (Wildman–Crippen MR) is 65.6 cm³/mol. The Morgan fingerprint density at radius 3 is 2.76 bits per heavy atom. The maximum Gasteiger partial charge on any atom is 0.149 e. The first kappa shape index (κ1) is 13.3. The van der Waals surface area contributed by atoms with Gasteiger partial charge >= 0.3 is 0 Å². The molecule has 0 radical (unpaired) electrons. The van der Waals surface area contributed by atoms with Gasteiger partial charge in [-0.25, -0.2) is 8.78 Å². The van der Waals surface area contributed by atoms with Crippen molar-refractivity contribution in [3.63, 3.8) is 0 Å². The van der Waals surface area contributed by atoms with Crippen LogP contribution in [0.3, 0.4) is 0 Å². The maximum atomic E-state index is 13.3. The lowest BCUT2D eigenvalue weighted by molar-refractivity contribution is 0.602. The third kappa shape index (κ3) is 3.62. The standard InChI is InChI=1S/C12H15F2N3/c1-3-8(2)12(17-15)7-16-11-6-9(13)4-5-10(11)14/h4-8H,3,15H2,1-2H3. The minimum atomic E-state index is -0.580. The summed E-state index contributed by atoms with van der Waals surface area (Å²) >= 11 is 0. The molecule has 0 heterocycles. The van der Waals surface area contributed by atoms with Gasteiger partial charge < -0.3 is 5.84 Å². The molecular weight excluding hydrogens is 224 g/mol. The van der Waals surface area contributed by atoms with Crippen LogP contribution in [-0.2, 0) is 0 Å². The molecule has 17 heavy (non-hydrogen) atoms. The molecule has 3 nitrogen and oxygen atoms in total. The summed E-state index contributed by atoms with van der Waals surface area (Å²) in [5.41, 5.74) is 0.491. The van der Waals surface area contributed by atoms with Crippen LogP contribution in [0.4, 0.5) is 14.5 Å². The van der Waals surface area contributed by atoms with Gasteiger partial charge in [-0.1, -0.05) is 13.8 Å². The van der Waals surface area contributed by atoms with Crippen LogP contribution in [0.1, 0.15) is 20.3 Å². The van der Waals surface area contributed by atoms with E-state index < -0.39 is 11.6 Å². The van der Waals surface area contributed by atoms with Gasteiger partial charge in [0.25, 0.3) is 0 Å². The summed E-state index contributed by atoms with van der Waals surface area (Å²) in [6, 6.07) is 3.10. The smallest absolute Gasteiger partial charge is 0.149 e. The minimum Gasteiger partial charge on any atom is -0.323 e. The summed E-state index contributed by atoms with van der Waals surface area (Å²) < 4.78 is 26.1. The van der Waals surface area contributed by atoms with E-state index in [-0.39, 0.29) is 11.6 Å². The predicted octanol–water partition coefficient (Wildman–Crippen LogP) is 3.03. The Morgan fingerprint density at radius 2 is 2.18 bits per heavy atom. The van der Waals surface area contributed by atoms with Crippen LogP contribution in [0.5, 0.6) is 0 Å². The second-order valence-electron chi connectivity index (χ2n) is 3.72. The summed E-state index contributed by atoms with van der Waals surface area (Å²) in [5.74, 6) is 4.22. The van der Waals surface area contributed by atoms with Gasteiger partial charge in [-0.2, -0.15) is 5.10 Å². The molecule has 1 aromatic carbocycles. The second-order valence-corrected chi connectivity index (χ2v) is 3.72. The van der Waals surface area contributed by atoms with Crippen molar-refractivity contribution in [3.8, 4) is 0 Å². The average molecular weight is 239 g/mol. The summed E-state index contributed by atoms with van der Waals surface area (Å²) in [7, 11) is 0. The van der Waals surface area contributed by atoms with E-state index in [4.69, 9.17) is 5.84 Å². The number of halogens is 2.